The molecule has 0 aliphatic carbocycles. The van der Waals surface area contributed by atoms with E-state index in [0.717, 1.165) is 31.7 Å². The molecule has 1 aromatic carbocycles. The van der Waals surface area contributed by atoms with Crippen LogP contribution in [0, 0.1) is 12.8 Å². The first-order valence-electron chi connectivity index (χ1n) is 8.54. The molecular formula is C20H25NO3. The summed E-state index contributed by atoms with van der Waals surface area (Å²) in [7, 11) is 1.77. The number of methoxy groups -OCH3 is 1. The van der Waals surface area contributed by atoms with Gasteiger partial charge in [-0.15, -0.1) is 0 Å². The van der Waals surface area contributed by atoms with Gasteiger partial charge in [0.1, 0.15) is 5.76 Å². The van der Waals surface area contributed by atoms with Gasteiger partial charge >= 0.3 is 0 Å². The topological polar surface area (TPSA) is 42.7 Å². The van der Waals surface area contributed by atoms with Gasteiger partial charge < -0.3 is 14.1 Å². The molecule has 128 valence electrons. The third-order valence-corrected chi connectivity index (χ3v) is 4.81. The number of ether oxygens (including phenoxy) is 1. The van der Waals surface area contributed by atoms with Crippen molar-refractivity contribution in [3.05, 3.63) is 59.5 Å². The minimum atomic E-state index is 0.133. The summed E-state index contributed by atoms with van der Waals surface area (Å²) >= 11 is 0. The van der Waals surface area contributed by atoms with Crippen molar-refractivity contribution in [1.82, 2.24) is 4.90 Å². The van der Waals surface area contributed by atoms with Crippen LogP contribution in [0.15, 0.2) is 47.1 Å². The Morgan fingerprint density at radius 3 is 2.92 bits per heavy atom. The highest BCUT2D eigenvalue weighted by atomic mass is 16.5. The molecule has 0 spiro atoms. The second-order valence-electron chi connectivity index (χ2n) is 6.61. The van der Waals surface area contributed by atoms with Gasteiger partial charge in [0.15, 0.2) is 0 Å². The lowest BCUT2D eigenvalue weighted by atomic mass is 9.88. The monoisotopic (exact) mass is 327 g/mol. The van der Waals surface area contributed by atoms with E-state index >= 15 is 0 Å². The molecule has 0 saturated carbocycles. The van der Waals surface area contributed by atoms with E-state index in [2.05, 4.69) is 31.2 Å². The van der Waals surface area contributed by atoms with Crippen LogP contribution < -0.4 is 0 Å². The minimum Gasteiger partial charge on any atom is -0.469 e. The van der Waals surface area contributed by atoms with Crippen molar-refractivity contribution in [1.29, 1.82) is 0 Å². The Morgan fingerprint density at radius 1 is 1.33 bits per heavy atom. The number of furan rings is 1. The fourth-order valence-corrected chi connectivity index (χ4v) is 3.56. The molecule has 0 bridgehead atoms. The van der Waals surface area contributed by atoms with Gasteiger partial charge in [0.2, 0.25) is 5.91 Å². The Morgan fingerprint density at radius 2 is 2.21 bits per heavy atom. The van der Waals surface area contributed by atoms with Gasteiger partial charge in [-0.2, -0.15) is 0 Å². The molecule has 0 unspecified atom stereocenters. The van der Waals surface area contributed by atoms with Crippen LogP contribution in [0.2, 0.25) is 0 Å². The van der Waals surface area contributed by atoms with E-state index in [-0.39, 0.29) is 12.0 Å². The van der Waals surface area contributed by atoms with Crippen molar-refractivity contribution in [3.63, 3.8) is 0 Å². The number of amides is 1. The third-order valence-electron chi connectivity index (χ3n) is 4.81. The second-order valence-corrected chi connectivity index (χ2v) is 6.61. The number of aryl methyl sites for hydroxylation is 1. The molecule has 1 amide bonds. The van der Waals surface area contributed by atoms with Crippen LogP contribution in [0.4, 0.5) is 0 Å². The molecule has 2 aromatic rings. The molecule has 1 saturated heterocycles. The van der Waals surface area contributed by atoms with Crippen molar-refractivity contribution in [2.24, 2.45) is 5.92 Å². The first-order chi connectivity index (χ1) is 11.7. The summed E-state index contributed by atoms with van der Waals surface area (Å²) in [6, 6.07) is 12.2. The maximum absolute atomic E-state index is 12.5. The number of piperidine rings is 1. The summed E-state index contributed by atoms with van der Waals surface area (Å²) in [6.07, 6.45) is 3.97. The van der Waals surface area contributed by atoms with E-state index < -0.39 is 0 Å². The molecule has 2 heterocycles. The summed E-state index contributed by atoms with van der Waals surface area (Å²) in [4.78, 5) is 14.5. The van der Waals surface area contributed by atoms with Crippen molar-refractivity contribution >= 4 is 5.91 Å². The number of carbonyl (C=O) groups is 1. The van der Waals surface area contributed by atoms with Gasteiger partial charge in [-0.05, 0) is 37.5 Å². The molecule has 2 atom stereocenters. The van der Waals surface area contributed by atoms with Crippen molar-refractivity contribution < 1.29 is 13.9 Å². The summed E-state index contributed by atoms with van der Waals surface area (Å²) < 4.78 is 11.0. The van der Waals surface area contributed by atoms with E-state index in [1.165, 1.54) is 11.1 Å². The zero-order valence-corrected chi connectivity index (χ0v) is 14.4. The number of rotatable bonds is 5. The number of hydrogen-bond acceptors (Lipinski definition) is 3. The smallest absolute Gasteiger partial charge is 0.230 e. The van der Waals surface area contributed by atoms with E-state index in [1.54, 1.807) is 13.4 Å². The van der Waals surface area contributed by atoms with E-state index in [9.17, 15) is 4.79 Å². The van der Waals surface area contributed by atoms with E-state index in [4.69, 9.17) is 9.15 Å². The fourth-order valence-electron chi connectivity index (χ4n) is 3.56. The van der Waals surface area contributed by atoms with E-state index in [1.807, 2.05) is 17.0 Å². The zero-order valence-electron chi connectivity index (χ0n) is 14.4. The molecule has 24 heavy (non-hydrogen) atoms. The summed E-state index contributed by atoms with van der Waals surface area (Å²) in [5.74, 6) is 1.18. The van der Waals surface area contributed by atoms with Crippen LogP contribution in [0.5, 0.6) is 0 Å². The van der Waals surface area contributed by atoms with Crippen LogP contribution in [0.25, 0.3) is 0 Å². The summed E-state index contributed by atoms with van der Waals surface area (Å²) in [5.41, 5.74) is 2.57. The lowest BCUT2D eigenvalue weighted by Gasteiger charge is -2.38. The van der Waals surface area contributed by atoms with Gasteiger partial charge in [-0.25, -0.2) is 0 Å². The highest BCUT2D eigenvalue weighted by Crippen LogP contribution is 2.24. The van der Waals surface area contributed by atoms with Gasteiger partial charge in [0, 0.05) is 26.1 Å². The predicted octanol–water partition coefficient (Wildman–Crippen LogP) is 3.24. The van der Waals surface area contributed by atoms with Crippen molar-refractivity contribution in [3.8, 4) is 0 Å². The van der Waals surface area contributed by atoms with Crippen LogP contribution >= 0.6 is 0 Å². The van der Waals surface area contributed by atoms with Gasteiger partial charge in [-0.3, -0.25) is 4.79 Å². The van der Waals surface area contributed by atoms with Gasteiger partial charge in [0.25, 0.3) is 0 Å². The molecule has 4 heteroatoms. The average Bonchev–Trinajstić information content (AvgIpc) is 3.08. The maximum Gasteiger partial charge on any atom is 0.230 e. The quantitative estimate of drug-likeness (QED) is 0.847. The molecule has 3 rings (SSSR count). The average molecular weight is 327 g/mol. The number of hydrogen-bond donors (Lipinski definition) is 0. The zero-order chi connectivity index (χ0) is 16.9. The normalized spacial score (nSPS) is 21.0. The SMILES string of the molecule is CO[C@@H]1CCN(C(=O)Cc2ccco2)C[C@H]1Cc1cccc(C)c1. The molecule has 0 N–H and O–H groups in total. The standard InChI is InChI=1S/C20H25NO3/c1-15-5-3-6-16(11-15)12-17-14-21(9-8-19(17)23-2)20(22)13-18-7-4-10-24-18/h3-7,10-11,17,19H,8-9,12-14H2,1-2H3/t17-,19-/m1/s1. The second kappa shape index (κ2) is 7.67. The Labute approximate surface area is 143 Å². The molecule has 0 radical (unpaired) electrons. The Bertz CT molecular complexity index is 665. The molecule has 4 nitrogen and oxygen atoms in total. The predicted molar refractivity (Wildman–Crippen MR) is 92.8 cm³/mol. The number of benzene rings is 1. The largest absolute Gasteiger partial charge is 0.469 e. The molecule has 1 aliphatic heterocycles. The number of likely N-dealkylation sites (tertiary alicyclic amines) is 1. The van der Waals surface area contributed by atoms with Gasteiger partial charge in [0.05, 0.1) is 18.8 Å². The maximum atomic E-state index is 12.5. The van der Waals surface area contributed by atoms with Crippen molar-refractivity contribution in [2.45, 2.75) is 32.3 Å². The Balaban J connectivity index is 1.66. The molecule has 1 aliphatic rings. The highest BCUT2D eigenvalue weighted by molar-refractivity contribution is 5.78. The number of carbonyl (C=O) groups excluding carboxylic acids is 1. The third kappa shape index (κ3) is 4.06. The van der Waals surface area contributed by atoms with Crippen LogP contribution in [-0.2, 0) is 22.4 Å². The first kappa shape index (κ1) is 16.8. The van der Waals surface area contributed by atoms with Crippen LogP contribution in [0.1, 0.15) is 23.3 Å². The van der Waals surface area contributed by atoms with Gasteiger partial charge in [-0.1, -0.05) is 29.8 Å². The summed E-state index contributed by atoms with van der Waals surface area (Å²) in [6.45, 7) is 3.60. The molecule has 1 fully saturated rings. The minimum absolute atomic E-state index is 0.133. The molecule has 1 aromatic heterocycles. The first-order valence-corrected chi connectivity index (χ1v) is 8.54. The fraction of sp³-hybridized carbons (Fsp3) is 0.450. The Kier molecular flexibility index (Phi) is 5.36. The van der Waals surface area contributed by atoms with Crippen LogP contribution in [0.3, 0.4) is 0 Å². The van der Waals surface area contributed by atoms with Crippen molar-refractivity contribution in [2.75, 3.05) is 20.2 Å². The Hall–Kier alpha value is -2.07. The number of nitrogens with zero attached hydrogens (tertiary/aromatic N) is 1. The lowest BCUT2D eigenvalue weighted by Crippen LogP contribution is -2.47. The van der Waals surface area contributed by atoms with Crippen LogP contribution in [-0.4, -0.2) is 37.1 Å². The van der Waals surface area contributed by atoms with E-state index in [0.29, 0.717) is 12.3 Å². The molecular weight excluding hydrogens is 302 g/mol. The summed E-state index contributed by atoms with van der Waals surface area (Å²) in [5, 5.41) is 0. The lowest BCUT2D eigenvalue weighted by molar-refractivity contribution is -0.135. The highest BCUT2D eigenvalue weighted by Gasteiger charge is 2.31.